The Morgan fingerprint density at radius 2 is 1.78 bits per heavy atom. The second-order valence-corrected chi connectivity index (χ2v) is 7.33. The minimum absolute atomic E-state index is 0.103. The van der Waals surface area contributed by atoms with Crippen molar-refractivity contribution >= 4 is 39.8 Å². The number of hydrogen-bond acceptors (Lipinski definition) is 4. The summed E-state index contributed by atoms with van der Waals surface area (Å²) in [5.74, 6) is 0.572. The summed E-state index contributed by atoms with van der Waals surface area (Å²) < 4.78 is 1.50. The van der Waals surface area contributed by atoms with E-state index in [0.29, 0.717) is 27.4 Å². The highest BCUT2D eigenvalue weighted by Crippen LogP contribution is 2.26. The zero-order valence-electron chi connectivity index (χ0n) is 15.6. The van der Waals surface area contributed by atoms with Crippen LogP contribution in [0.4, 0.5) is 5.69 Å². The van der Waals surface area contributed by atoms with Gasteiger partial charge in [-0.15, -0.1) is 11.6 Å². The van der Waals surface area contributed by atoms with Crippen LogP contribution in [0.25, 0.3) is 16.6 Å². The Morgan fingerprint density at radius 1 is 1.04 bits per heavy atom. The van der Waals surface area contributed by atoms with Gasteiger partial charge >= 0.3 is 0 Å². The van der Waals surface area contributed by atoms with Crippen LogP contribution in [0, 0.1) is 0 Å². The monoisotopic (exact) mass is 404 g/mol. The van der Waals surface area contributed by atoms with Gasteiger partial charge in [-0.25, -0.2) is 4.98 Å². The van der Waals surface area contributed by atoms with Crippen molar-refractivity contribution < 1.29 is 0 Å². The Morgan fingerprint density at radius 3 is 2.44 bits per heavy atom. The molecule has 5 nitrogen and oxygen atoms in total. The number of halogens is 2. The predicted molar refractivity (Wildman–Crippen MR) is 114 cm³/mol. The van der Waals surface area contributed by atoms with Gasteiger partial charge < -0.3 is 9.80 Å². The summed E-state index contributed by atoms with van der Waals surface area (Å²) in [7, 11) is 6.06. The number of benzene rings is 2. The normalized spacial score (nSPS) is 11.3. The highest BCUT2D eigenvalue weighted by Gasteiger charge is 2.17. The zero-order chi connectivity index (χ0) is 19.6. The van der Waals surface area contributed by atoms with Crippen molar-refractivity contribution in [3.63, 3.8) is 0 Å². The first-order valence-electron chi connectivity index (χ1n) is 8.65. The number of anilines is 1. The van der Waals surface area contributed by atoms with Crippen molar-refractivity contribution in [2.75, 3.05) is 39.1 Å². The van der Waals surface area contributed by atoms with Crippen LogP contribution in [0.15, 0.2) is 47.3 Å². The quantitative estimate of drug-likeness (QED) is 0.586. The smallest absolute Gasteiger partial charge is 0.266 e. The molecule has 7 heteroatoms. The Labute approximate surface area is 168 Å². The summed E-state index contributed by atoms with van der Waals surface area (Å²) >= 11 is 12.5. The van der Waals surface area contributed by atoms with Crippen LogP contribution in [0.3, 0.4) is 0 Å². The number of aromatic nitrogens is 2. The molecule has 0 aliphatic heterocycles. The molecular weight excluding hydrogens is 383 g/mol. The molecular formula is C20H22Cl2N4O. The molecule has 0 saturated heterocycles. The average molecular weight is 405 g/mol. The maximum Gasteiger partial charge on any atom is 0.266 e. The fourth-order valence-electron chi connectivity index (χ4n) is 2.99. The fourth-order valence-corrected chi connectivity index (χ4v) is 3.39. The first-order chi connectivity index (χ1) is 12.9. The van der Waals surface area contributed by atoms with Gasteiger partial charge in [-0.1, -0.05) is 29.8 Å². The molecule has 1 aromatic heterocycles. The fraction of sp³-hybridized carbons (Fsp3) is 0.300. The highest BCUT2D eigenvalue weighted by molar-refractivity contribution is 6.32. The van der Waals surface area contributed by atoms with Crippen molar-refractivity contribution in [2.24, 2.45) is 0 Å². The van der Waals surface area contributed by atoms with Crippen LogP contribution < -0.4 is 10.5 Å². The van der Waals surface area contributed by atoms with E-state index in [4.69, 9.17) is 28.2 Å². The Hall–Kier alpha value is -2.08. The van der Waals surface area contributed by atoms with Gasteiger partial charge in [-0.05, 0) is 38.4 Å². The van der Waals surface area contributed by atoms with Gasteiger partial charge in [-0.3, -0.25) is 9.36 Å². The van der Waals surface area contributed by atoms with Gasteiger partial charge in [0.1, 0.15) is 11.3 Å². The third-order valence-corrected chi connectivity index (χ3v) is 5.01. The van der Waals surface area contributed by atoms with E-state index in [1.165, 1.54) is 4.57 Å². The second kappa shape index (κ2) is 8.30. The maximum absolute atomic E-state index is 13.3. The van der Waals surface area contributed by atoms with Crippen LogP contribution in [-0.2, 0) is 5.88 Å². The minimum Gasteiger partial charge on any atom is -0.372 e. The first kappa shape index (κ1) is 19.7. The van der Waals surface area contributed by atoms with Crippen molar-refractivity contribution in [1.29, 1.82) is 0 Å². The zero-order valence-corrected chi connectivity index (χ0v) is 17.1. The van der Waals surface area contributed by atoms with Crippen LogP contribution in [0.1, 0.15) is 5.82 Å². The van der Waals surface area contributed by atoms with Gasteiger partial charge in [0, 0.05) is 20.1 Å². The summed E-state index contributed by atoms with van der Waals surface area (Å²) in [6.07, 6.45) is 0. The lowest BCUT2D eigenvalue weighted by Crippen LogP contribution is -2.29. The van der Waals surface area contributed by atoms with Crippen LogP contribution >= 0.6 is 23.2 Å². The van der Waals surface area contributed by atoms with Gasteiger partial charge in [0.25, 0.3) is 5.56 Å². The van der Waals surface area contributed by atoms with E-state index in [9.17, 15) is 4.79 Å². The predicted octanol–water partition coefficient (Wildman–Crippen LogP) is 3.78. The van der Waals surface area contributed by atoms with Crippen molar-refractivity contribution in [2.45, 2.75) is 5.88 Å². The summed E-state index contributed by atoms with van der Waals surface area (Å²) in [5.41, 5.74) is 1.97. The standard InChI is InChI=1S/C20H22Cl2N4O/c1-24(2)11-12-25(3)17-10-6-7-14-19(17)23-18(13-21)26(20(14)27)16-9-5-4-8-15(16)22/h4-10H,11-13H2,1-3H3. The van der Waals surface area contributed by atoms with E-state index in [1.54, 1.807) is 18.2 Å². The largest absolute Gasteiger partial charge is 0.372 e. The van der Waals surface area contributed by atoms with Crippen LogP contribution in [-0.4, -0.2) is 48.7 Å². The van der Waals surface area contributed by atoms with E-state index < -0.39 is 0 Å². The molecule has 1 heterocycles. The highest BCUT2D eigenvalue weighted by atomic mass is 35.5. The molecule has 0 aliphatic carbocycles. The molecule has 0 aliphatic rings. The summed E-state index contributed by atoms with van der Waals surface area (Å²) in [6, 6.07) is 12.8. The number of hydrogen-bond donors (Lipinski definition) is 0. The molecule has 0 bridgehead atoms. The van der Waals surface area contributed by atoms with Gasteiger partial charge in [0.05, 0.1) is 27.7 Å². The lowest BCUT2D eigenvalue weighted by Gasteiger charge is -2.23. The molecule has 0 unspecified atom stereocenters. The van der Waals surface area contributed by atoms with E-state index in [-0.39, 0.29) is 11.4 Å². The number of alkyl halides is 1. The number of likely N-dealkylation sites (N-methyl/N-ethyl adjacent to an activating group) is 2. The molecule has 0 amide bonds. The van der Waals surface area contributed by atoms with Gasteiger partial charge in [0.2, 0.25) is 0 Å². The van der Waals surface area contributed by atoms with Crippen molar-refractivity contribution in [3.8, 4) is 5.69 Å². The molecule has 0 atom stereocenters. The molecule has 2 aromatic carbocycles. The van der Waals surface area contributed by atoms with Gasteiger partial charge in [0.15, 0.2) is 0 Å². The SMILES string of the molecule is CN(C)CCN(C)c1cccc2c(=O)n(-c3ccccc3Cl)c(CCl)nc12. The molecule has 0 fully saturated rings. The van der Waals surface area contributed by atoms with E-state index >= 15 is 0 Å². The molecule has 0 saturated carbocycles. The summed E-state index contributed by atoms with van der Waals surface area (Å²) in [4.78, 5) is 22.2. The third kappa shape index (κ3) is 3.95. The average Bonchev–Trinajstić information content (AvgIpc) is 2.66. The van der Waals surface area contributed by atoms with Crippen molar-refractivity contribution in [3.05, 3.63) is 63.7 Å². The first-order valence-corrected chi connectivity index (χ1v) is 9.56. The van der Waals surface area contributed by atoms with Crippen LogP contribution in [0.2, 0.25) is 5.02 Å². The minimum atomic E-state index is -0.174. The number of rotatable bonds is 6. The van der Waals surface area contributed by atoms with E-state index in [1.807, 2.05) is 45.4 Å². The second-order valence-electron chi connectivity index (χ2n) is 6.65. The number of nitrogens with zero attached hydrogens (tertiary/aromatic N) is 4. The lowest BCUT2D eigenvalue weighted by molar-refractivity contribution is 0.416. The van der Waals surface area contributed by atoms with E-state index in [2.05, 4.69) is 9.80 Å². The molecule has 27 heavy (non-hydrogen) atoms. The third-order valence-electron chi connectivity index (χ3n) is 4.45. The molecule has 0 radical (unpaired) electrons. The molecule has 0 N–H and O–H groups in total. The van der Waals surface area contributed by atoms with Crippen molar-refractivity contribution in [1.82, 2.24) is 14.5 Å². The van der Waals surface area contributed by atoms with Gasteiger partial charge in [-0.2, -0.15) is 0 Å². The number of fused-ring (bicyclic) bond motifs is 1. The molecule has 142 valence electrons. The Bertz CT molecular complexity index is 1020. The summed E-state index contributed by atoms with van der Waals surface area (Å²) in [5, 5.41) is 1.02. The number of para-hydroxylation sites is 2. The molecule has 0 spiro atoms. The molecule has 3 rings (SSSR count). The summed E-state index contributed by atoms with van der Waals surface area (Å²) in [6.45, 7) is 1.71. The van der Waals surface area contributed by atoms with E-state index in [0.717, 1.165) is 18.8 Å². The van der Waals surface area contributed by atoms with Crippen LogP contribution in [0.5, 0.6) is 0 Å². The topological polar surface area (TPSA) is 41.4 Å². The Balaban J connectivity index is 2.22. The Kier molecular flexibility index (Phi) is 6.05. The molecule has 3 aromatic rings. The maximum atomic E-state index is 13.3. The lowest BCUT2D eigenvalue weighted by atomic mass is 10.2.